The van der Waals surface area contributed by atoms with Gasteiger partial charge in [0, 0.05) is 23.1 Å². The highest BCUT2D eigenvalue weighted by Crippen LogP contribution is 2.48. The number of fused-ring (bicyclic) bond motifs is 3. The van der Waals surface area contributed by atoms with Crippen LogP contribution in [0.25, 0.3) is 16.6 Å². The molecule has 0 amide bonds. The minimum atomic E-state index is -0.935. The Morgan fingerprint density at radius 1 is 1.19 bits per heavy atom. The van der Waals surface area contributed by atoms with Crippen molar-refractivity contribution in [3.05, 3.63) is 53.6 Å². The second-order valence-corrected chi connectivity index (χ2v) is 8.78. The van der Waals surface area contributed by atoms with Crippen molar-refractivity contribution >= 4 is 22.5 Å². The summed E-state index contributed by atoms with van der Waals surface area (Å²) >= 11 is 0. The topological polar surface area (TPSA) is 137 Å². The first-order valence-electron chi connectivity index (χ1n) is 10.2. The van der Waals surface area contributed by atoms with Crippen LogP contribution in [0.15, 0.2) is 36.5 Å². The quantitative estimate of drug-likeness (QED) is 0.458. The number of ether oxygens (including phenoxy) is 1. The number of aliphatic hydroxyl groups is 1. The fourth-order valence-electron chi connectivity index (χ4n) is 4.24. The summed E-state index contributed by atoms with van der Waals surface area (Å²) < 4.78 is 6.98. The molecule has 0 atom stereocenters. The van der Waals surface area contributed by atoms with Gasteiger partial charge in [-0.2, -0.15) is 4.52 Å². The molecule has 0 unspecified atom stereocenters. The van der Waals surface area contributed by atoms with Crippen molar-refractivity contribution < 1.29 is 9.84 Å². The van der Waals surface area contributed by atoms with Gasteiger partial charge in [0.1, 0.15) is 11.3 Å². The average Bonchev–Trinajstić information content (AvgIpc) is 3.16. The van der Waals surface area contributed by atoms with Crippen LogP contribution in [-0.2, 0) is 11.1 Å². The number of nitrogen functional groups attached to an aromatic ring is 1. The first-order valence-corrected chi connectivity index (χ1v) is 10.2. The van der Waals surface area contributed by atoms with E-state index in [1.165, 1.54) is 0 Å². The number of methoxy groups -OCH3 is 1. The van der Waals surface area contributed by atoms with Crippen LogP contribution in [0.5, 0.6) is 5.75 Å². The second-order valence-electron chi connectivity index (χ2n) is 8.78. The lowest BCUT2D eigenvalue weighted by atomic mass is 9.66. The number of nitrogens with two attached hydrogens (primary N) is 2. The zero-order valence-electron chi connectivity index (χ0n) is 17.7. The maximum Gasteiger partial charge on any atom is 0.223 e. The van der Waals surface area contributed by atoms with Crippen molar-refractivity contribution in [1.29, 1.82) is 0 Å². The zero-order chi connectivity index (χ0) is 22.0. The zero-order valence-corrected chi connectivity index (χ0v) is 17.7. The Balaban J connectivity index is 1.45. The Kier molecular flexibility index (Phi) is 4.18. The molecule has 1 aliphatic carbocycles. The summed E-state index contributed by atoms with van der Waals surface area (Å²) in [4.78, 5) is 13.7. The van der Waals surface area contributed by atoms with Crippen molar-refractivity contribution in [3.63, 3.8) is 0 Å². The molecule has 31 heavy (non-hydrogen) atoms. The molecule has 9 heteroatoms. The standard InChI is InChI=1S/C22H25N7O2/c1-21(2,30)13-7-8-16(25-11-13)22(24)9-12(10-22)18-27-19-14-5-4-6-15(31-3)17(14)26-20(23)29(19)28-18/h4-8,11-12,30H,9-10,24H2,1-3H3,(H2,23,26)/t12-,22-. The van der Waals surface area contributed by atoms with Crippen LogP contribution in [0.2, 0.25) is 0 Å². The summed E-state index contributed by atoms with van der Waals surface area (Å²) in [6.45, 7) is 3.46. The second kappa shape index (κ2) is 6.60. The summed E-state index contributed by atoms with van der Waals surface area (Å²) in [5.74, 6) is 1.69. The molecule has 3 aromatic heterocycles. The molecule has 1 aliphatic rings. The fourth-order valence-corrected chi connectivity index (χ4v) is 4.24. The monoisotopic (exact) mass is 419 g/mol. The van der Waals surface area contributed by atoms with Crippen molar-refractivity contribution in [3.8, 4) is 5.75 Å². The number of hydrogen-bond acceptors (Lipinski definition) is 8. The predicted molar refractivity (Wildman–Crippen MR) is 117 cm³/mol. The van der Waals surface area contributed by atoms with E-state index in [2.05, 4.69) is 15.1 Å². The smallest absolute Gasteiger partial charge is 0.223 e. The van der Waals surface area contributed by atoms with Crippen LogP contribution < -0.4 is 16.2 Å². The van der Waals surface area contributed by atoms with Gasteiger partial charge in [-0.05, 0) is 44.9 Å². The number of aromatic nitrogens is 5. The molecule has 1 saturated carbocycles. The molecule has 3 heterocycles. The van der Waals surface area contributed by atoms with Gasteiger partial charge in [-0.3, -0.25) is 4.98 Å². The van der Waals surface area contributed by atoms with E-state index in [1.807, 2.05) is 30.3 Å². The number of para-hydroxylation sites is 1. The van der Waals surface area contributed by atoms with E-state index in [0.717, 1.165) is 16.6 Å². The van der Waals surface area contributed by atoms with Gasteiger partial charge >= 0.3 is 0 Å². The number of hydrogen-bond donors (Lipinski definition) is 3. The molecule has 4 aromatic rings. The number of anilines is 1. The summed E-state index contributed by atoms with van der Waals surface area (Å²) in [6, 6.07) is 9.43. The Hall–Kier alpha value is -3.30. The molecule has 0 saturated heterocycles. The Morgan fingerprint density at radius 2 is 1.97 bits per heavy atom. The maximum atomic E-state index is 10.1. The van der Waals surface area contributed by atoms with Crippen molar-refractivity contribution in [2.24, 2.45) is 5.73 Å². The molecule has 160 valence electrons. The largest absolute Gasteiger partial charge is 0.494 e. The lowest BCUT2D eigenvalue weighted by molar-refractivity contribution is 0.0780. The molecule has 5 rings (SSSR count). The molecule has 0 radical (unpaired) electrons. The molecule has 1 aromatic carbocycles. The van der Waals surface area contributed by atoms with Crippen LogP contribution in [-0.4, -0.2) is 36.8 Å². The van der Waals surface area contributed by atoms with Gasteiger partial charge in [-0.15, -0.1) is 5.10 Å². The van der Waals surface area contributed by atoms with Gasteiger partial charge in [0.05, 0.1) is 23.9 Å². The third kappa shape index (κ3) is 3.08. The highest BCUT2D eigenvalue weighted by atomic mass is 16.5. The third-order valence-corrected chi connectivity index (χ3v) is 6.09. The molecule has 5 N–H and O–H groups in total. The van der Waals surface area contributed by atoms with E-state index in [4.69, 9.17) is 21.2 Å². The number of nitrogens with zero attached hydrogens (tertiary/aromatic N) is 5. The normalized spacial score (nSPS) is 21.4. The maximum absolute atomic E-state index is 10.1. The molecule has 1 fully saturated rings. The van der Waals surface area contributed by atoms with Crippen LogP contribution in [0, 0.1) is 0 Å². The number of pyridine rings is 1. The first-order chi connectivity index (χ1) is 14.7. The van der Waals surface area contributed by atoms with Crippen LogP contribution in [0.4, 0.5) is 5.95 Å². The predicted octanol–water partition coefficient (Wildman–Crippen LogP) is 2.22. The summed E-state index contributed by atoms with van der Waals surface area (Å²) in [6.07, 6.45) is 3.03. The molecule has 0 spiro atoms. The lowest BCUT2D eigenvalue weighted by Crippen LogP contribution is -2.48. The highest BCUT2D eigenvalue weighted by Gasteiger charge is 2.46. The number of rotatable bonds is 4. The van der Waals surface area contributed by atoms with Gasteiger partial charge in [-0.1, -0.05) is 12.1 Å². The van der Waals surface area contributed by atoms with Crippen molar-refractivity contribution in [2.45, 2.75) is 43.7 Å². The van der Waals surface area contributed by atoms with Gasteiger partial charge in [0.25, 0.3) is 0 Å². The van der Waals surface area contributed by atoms with Crippen LogP contribution in [0.3, 0.4) is 0 Å². The van der Waals surface area contributed by atoms with E-state index >= 15 is 0 Å². The number of benzene rings is 1. The highest BCUT2D eigenvalue weighted by molar-refractivity contribution is 5.95. The van der Waals surface area contributed by atoms with Crippen LogP contribution >= 0.6 is 0 Å². The van der Waals surface area contributed by atoms with Gasteiger partial charge < -0.3 is 21.3 Å². The lowest BCUT2D eigenvalue weighted by Gasteiger charge is -2.43. The van der Waals surface area contributed by atoms with E-state index in [9.17, 15) is 5.11 Å². The fraction of sp³-hybridized carbons (Fsp3) is 0.364. The van der Waals surface area contributed by atoms with Crippen LogP contribution in [0.1, 0.15) is 49.7 Å². The minimum Gasteiger partial charge on any atom is -0.494 e. The third-order valence-electron chi connectivity index (χ3n) is 6.09. The van der Waals surface area contributed by atoms with Gasteiger partial charge in [0.15, 0.2) is 11.5 Å². The summed E-state index contributed by atoms with van der Waals surface area (Å²) in [5, 5.41) is 15.6. The van der Waals surface area contributed by atoms with Gasteiger partial charge in [0.2, 0.25) is 5.95 Å². The van der Waals surface area contributed by atoms with Gasteiger partial charge in [-0.25, -0.2) is 9.97 Å². The average molecular weight is 419 g/mol. The summed E-state index contributed by atoms with van der Waals surface area (Å²) in [5.41, 5.74) is 14.2. The minimum absolute atomic E-state index is 0.0979. The Morgan fingerprint density at radius 3 is 2.61 bits per heavy atom. The molecular weight excluding hydrogens is 394 g/mol. The van der Waals surface area contributed by atoms with Crippen molar-refractivity contribution in [1.82, 2.24) is 24.6 Å². The van der Waals surface area contributed by atoms with Crippen molar-refractivity contribution in [2.75, 3.05) is 12.8 Å². The Bertz CT molecular complexity index is 1290. The van der Waals surface area contributed by atoms with E-state index in [-0.39, 0.29) is 11.9 Å². The molecule has 9 nitrogen and oxygen atoms in total. The SMILES string of the molecule is COc1cccc2c1nc(N)n1nc([C@H]3C[C@@](N)(c4ccc(C(C)(C)O)cn4)C3)nc21. The molecule has 0 aliphatic heterocycles. The molecule has 0 bridgehead atoms. The summed E-state index contributed by atoms with van der Waals surface area (Å²) in [7, 11) is 1.60. The first kappa shape index (κ1) is 19.7. The van der Waals surface area contributed by atoms with E-state index < -0.39 is 11.1 Å². The van der Waals surface area contributed by atoms with E-state index in [0.29, 0.717) is 35.6 Å². The molecular formula is C22H25N7O2. The Labute approximate surface area is 179 Å². The van der Waals surface area contributed by atoms with E-state index in [1.54, 1.807) is 31.7 Å².